The van der Waals surface area contributed by atoms with Gasteiger partial charge >= 0.3 is 6.18 Å². The van der Waals surface area contributed by atoms with Crippen molar-refractivity contribution in [3.63, 3.8) is 0 Å². The van der Waals surface area contributed by atoms with E-state index in [4.69, 9.17) is 9.47 Å². The fraction of sp³-hybridized carbons (Fsp3) is 0.759. The lowest BCUT2D eigenvalue weighted by molar-refractivity contribution is -0.173. The zero-order valence-electron chi connectivity index (χ0n) is 21.6. The first kappa shape index (κ1) is 29.7. The van der Waals surface area contributed by atoms with Gasteiger partial charge in [-0.25, -0.2) is 0 Å². The number of carbonyl (C=O) groups is 1. The smallest absolute Gasteiger partial charge is 0.389 e. The lowest BCUT2D eigenvalue weighted by atomic mass is 10.0. The van der Waals surface area contributed by atoms with Crippen molar-refractivity contribution in [2.45, 2.75) is 134 Å². The Morgan fingerprint density at radius 1 is 0.886 bits per heavy atom. The van der Waals surface area contributed by atoms with Gasteiger partial charge in [-0.2, -0.15) is 13.2 Å². The Morgan fingerprint density at radius 3 is 2.11 bits per heavy atom. The molecule has 200 valence electrons. The van der Waals surface area contributed by atoms with Crippen molar-refractivity contribution < 1.29 is 27.4 Å². The molecule has 0 aliphatic carbocycles. The summed E-state index contributed by atoms with van der Waals surface area (Å²) >= 11 is 0. The maximum Gasteiger partial charge on any atom is 0.389 e. The molecule has 0 saturated carbocycles. The summed E-state index contributed by atoms with van der Waals surface area (Å²) < 4.78 is 48.3. The normalized spacial score (nSPS) is 17.4. The van der Waals surface area contributed by atoms with E-state index in [1.54, 1.807) is 0 Å². The summed E-state index contributed by atoms with van der Waals surface area (Å²) in [7, 11) is 0. The summed E-state index contributed by atoms with van der Waals surface area (Å²) in [6.07, 6.45) is 13.2. The Balaban J connectivity index is 1.60. The highest BCUT2D eigenvalue weighted by Gasteiger charge is 2.40. The maximum absolute atomic E-state index is 12.1. The third-order valence-corrected chi connectivity index (χ3v) is 6.79. The van der Waals surface area contributed by atoms with Crippen LogP contribution >= 0.6 is 0 Å². The van der Waals surface area contributed by atoms with Crippen LogP contribution in [-0.4, -0.2) is 24.9 Å². The first-order chi connectivity index (χ1) is 16.9. The molecule has 3 nitrogen and oxygen atoms in total. The van der Waals surface area contributed by atoms with E-state index in [-0.39, 0.29) is 6.42 Å². The number of unbranched alkanes of at least 4 members (excludes halogenated alkanes) is 13. The third kappa shape index (κ3) is 12.3. The third-order valence-electron chi connectivity index (χ3n) is 6.79. The van der Waals surface area contributed by atoms with Crippen LogP contribution in [0.4, 0.5) is 13.2 Å². The van der Waals surface area contributed by atoms with Crippen molar-refractivity contribution in [2.24, 2.45) is 0 Å². The van der Waals surface area contributed by atoms with E-state index in [0.29, 0.717) is 19.4 Å². The van der Waals surface area contributed by atoms with Gasteiger partial charge in [-0.1, -0.05) is 96.1 Å². The number of carbonyl (C=O) groups excluding carboxylic acids is 1. The summed E-state index contributed by atoms with van der Waals surface area (Å²) in [5.41, 5.74) is 2.25. The summed E-state index contributed by atoms with van der Waals surface area (Å²) in [5, 5.41) is 0. The molecule has 0 saturated heterocycles. The zero-order valence-corrected chi connectivity index (χ0v) is 21.6. The number of halogens is 3. The van der Waals surface area contributed by atoms with Gasteiger partial charge in [0.05, 0.1) is 6.61 Å². The van der Waals surface area contributed by atoms with E-state index in [0.717, 1.165) is 69.0 Å². The van der Waals surface area contributed by atoms with E-state index in [1.807, 2.05) is 6.07 Å². The molecular weight excluding hydrogens is 453 g/mol. The summed E-state index contributed by atoms with van der Waals surface area (Å²) in [4.78, 5) is 11.8. The van der Waals surface area contributed by atoms with Crippen LogP contribution in [0.1, 0.15) is 121 Å². The Bertz CT molecular complexity index is 720. The van der Waals surface area contributed by atoms with E-state index in [1.165, 1.54) is 44.1 Å². The molecule has 2 rings (SSSR count). The number of benzene rings is 1. The fourth-order valence-electron chi connectivity index (χ4n) is 4.71. The van der Waals surface area contributed by atoms with Gasteiger partial charge in [0.25, 0.3) is 5.79 Å². The van der Waals surface area contributed by atoms with Crippen molar-refractivity contribution in [1.29, 1.82) is 0 Å². The quantitative estimate of drug-likeness (QED) is 0.133. The molecule has 0 N–H and O–H groups in total. The Kier molecular flexibility index (Phi) is 13.8. The van der Waals surface area contributed by atoms with Gasteiger partial charge in [-0.05, 0) is 37.3 Å². The molecule has 0 bridgehead atoms. The number of rotatable bonds is 20. The van der Waals surface area contributed by atoms with Crippen molar-refractivity contribution in [1.82, 2.24) is 0 Å². The number of fused-ring (bicyclic) bond motifs is 1. The Labute approximate surface area is 210 Å². The number of alkyl halides is 3. The lowest BCUT2D eigenvalue weighted by Crippen LogP contribution is -2.39. The lowest BCUT2D eigenvalue weighted by Gasteiger charge is -2.22. The Morgan fingerprint density at radius 2 is 1.49 bits per heavy atom. The van der Waals surface area contributed by atoms with Gasteiger partial charge in [0.1, 0.15) is 5.75 Å². The minimum absolute atomic E-state index is 0.242. The molecule has 1 aliphatic rings. The van der Waals surface area contributed by atoms with Crippen LogP contribution in [0.15, 0.2) is 18.2 Å². The first-order valence-corrected chi connectivity index (χ1v) is 13.9. The zero-order chi connectivity index (χ0) is 25.4. The van der Waals surface area contributed by atoms with Crippen LogP contribution in [-0.2, 0) is 22.4 Å². The van der Waals surface area contributed by atoms with Crippen LogP contribution in [0.25, 0.3) is 0 Å². The standard InChI is InChI=1S/C29H45F3O3/c1-2-3-4-5-6-10-13-16-21-34-28(24-33)23-26-22-25(18-19-27(26)35-28)17-14-11-8-7-9-12-15-20-29(30,31)32/h18-19,22,24H,2-17,20-21,23H2,1H3. The van der Waals surface area contributed by atoms with Gasteiger partial charge in [-0.3, -0.25) is 4.79 Å². The van der Waals surface area contributed by atoms with E-state index >= 15 is 0 Å². The number of aldehydes is 1. The minimum Gasteiger partial charge on any atom is -0.454 e. The molecular formula is C29H45F3O3. The second kappa shape index (κ2) is 16.2. The highest BCUT2D eigenvalue weighted by Crippen LogP contribution is 2.36. The molecule has 6 heteroatoms. The average molecular weight is 499 g/mol. The van der Waals surface area contributed by atoms with Crippen LogP contribution in [0.5, 0.6) is 5.75 Å². The Hall–Kier alpha value is -1.56. The largest absolute Gasteiger partial charge is 0.454 e. The van der Waals surface area contributed by atoms with Crippen molar-refractivity contribution in [2.75, 3.05) is 6.61 Å². The average Bonchev–Trinajstić information content (AvgIpc) is 3.19. The van der Waals surface area contributed by atoms with Crippen molar-refractivity contribution in [3.05, 3.63) is 29.3 Å². The van der Waals surface area contributed by atoms with E-state index < -0.39 is 18.4 Å². The van der Waals surface area contributed by atoms with Crippen molar-refractivity contribution in [3.8, 4) is 5.75 Å². The fourth-order valence-corrected chi connectivity index (χ4v) is 4.71. The summed E-state index contributed by atoms with van der Waals surface area (Å²) in [5.74, 6) is -0.454. The predicted octanol–water partition coefficient (Wildman–Crippen LogP) is 8.90. The molecule has 0 fully saturated rings. The summed E-state index contributed by atoms with van der Waals surface area (Å²) in [6.45, 7) is 2.76. The number of hydrogen-bond acceptors (Lipinski definition) is 3. The van der Waals surface area contributed by atoms with Crippen LogP contribution in [0.3, 0.4) is 0 Å². The van der Waals surface area contributed by atoms with Crippen LogP contribution < -0.4 is 4.74 Å². The van der Waals surface area contributed by atoms with Gasteiger partial charge in [0.15, 0.2) is 6.29 Å². The van der Waals surface area contributed by atoms with Crippen molar-refractivity contribution >= 4 is 6.29 Å². The van der Waals surface area contributed by atoms with Gasteiger partial charge in [-0.15, -0.1) is 0 Å². The second-order valence-electron chi connectivity index (χ2n) is 10.1. The summed E-state index contributed by atoms with van der Waals surface area (Å²) in [6, 6.07) is 6.11. The van der Waals surface area contributed by atoms with Gasteiger partial charge in [0, 0.05) is 18.4 Å². The molecule has 35 heavy (non-hydrogen) atoms. The van der Waals surface area contributed by atoms with Crippen LogP contribution in [0.2, 0.25) is 0 Å². The first-order valence-electron chi connectivity index (χ1n) is 13.9. The molecule has 0 amide bonds. The monoisotopic (exact) mass is 498 g/mol. The molecule has 1 aromatic rings. The second-order valence-corrected chi connectivity index (χ2v) is 10.1. The molecule has 1 heterocycles. The predicted molar refractivity (Wildman–Crippen MR) is 135 cm³/mol. The topological polar surface area (TPSA) is 35.5 Å². The number of hydrogen-bond donors (Lipinski definition) is 0. The van der Waals surface area contributed by atoms with E-state index in [9.17, 15) is 18.0 Å². The molecule has 0 radical (unpaired) electrons. The molecule has 0 spiro atoms. The maximum atomic E-state index is 12.1. The highest BCUT2D eigenvalue weighted by atomic mass is 19.4. The molecule has 1 atom stereocenters. The molecule has 1 unspecified atom stereocenters. The number of ether oxygens (including phenoxy) is 2. The minimum atomic E-state index is -4.02. The van der Waals surface area contributed by atoms with Gasteiger partial charge in [0.2, 0.25) is 0 Å². The van der Waals surface area contributed by atoms with Crippen LogP contribution in [0, 0.1) is 0 Å². The van der Waals surface area contributed by atoms with Gasteiger partial charge < -0.3 is 9.47 Å². The highest BCUT2D eigenvalue weighted by molar-refractivity contribution is 5.65. The van der Waals surface area contributed by atoms with E-state index in [2.05, 4.69) is 19.1 Å². The molecule has 1 aromatic carbocycles. The molecule has 1 aliphatic heterocycles. The number of aryl methyl sites for hydroxylation is 1. The SMILES string of the molecule is CCCCCCCCCCOC1(C=O)Cc2cc(CCCCCCCCCC(F)(F)F)ccc2O1. The molecule has 0 aromatic heterocycles.